The van der Waals surface area contributed by atoms with Crippen molar-refractivity contribution in [3.05, 3.63) is 144 Å². The predicted molar refractivity (Wildman–Crippen MR) is 158 cm³/mol. The molecule has 0 amide bonds. The largest absolute Gasteiger partial charge is 0.491 e. The molecule has 2 heterocycles. The van der Waals surface area contributed by atoms with Gasteiger partial charge in [-0.25, -0.2) is 9.67 Å². The van der Waals surface area contributed by atoms with Crippen molar-refractivity contribution in [3.63, 3.8) is 0 Å². The lowest BCUT2D eigenvalue weighted by atomic mass is 9.77. The molecule has 2 N–H and O–H groups in total. The van der Waals surface area contributed by atoms with Gasteiger partial charge in [0.05, 0.1) is 11.6 Å². The maximum absolute atomic E-state index is 6.13. The van der Waals surface area contributed by atoms with Crippen LogP contribution in [-0.2, 0) is 5.54 Å². The van der Waals surface area contributed by atoms with E-state index >= 15 is 0 Å². The molecule has 0 atom stereocenters. The summed E-state index contributed by atoms with van der Waals surface area (Å²) >= 11 is 0. The van der Waals surface area contributed by atoms with Gasteiger partial charge in [0.25, 0.3) is 0 Å². The van der Waals surface area contributed by atoms with Crippen LogP contribution in [-0.4, -0.2) is 20.9 Å². The zero-order valence-corrected chi connectivity index (χ0v) is 22.0. The minimum atomic E-state index is -0.751. The predicted octanol–water partition coefficient (Wildman–Crippen LogP) is 7.31. The van der Waals surface area contributed by atoms with Gasteiger partial charge in [-0.1, -0.05) is 91.0 Å². The Kier molecular flexibility index (Phi) is 6.33. The number of nitrogen functional groups attached to an aromatic ring is 1. The van der Waals surface area contributed by atoms with Crippen LogP contribution in [0, 0.1) is 0 Å². The number of ether oxygens (including phenoxy) is 1. The van der Waals surface area contributed by atoms with Crippen LogP contribution in [0.2, 0.25) is 0 Å². The maximum atomic E-state index is 6.13. The molecule has 0 spiro atoms. The van der Waals surface area contributed by atoms with Crippen LogP contribution >= 0.6 is 0 Å². The molecule has 0 saturated heterocycles. The first-order chi connectivity index (χ1) is 19.1. The first kappa shape index (κ1) is 24.4. The highest BCUT2D eigenvalue weighted by atomic mass is 16.5. The molecular weight excluding hydrogens is 480 g/mol. The molecule has 0 bridgehead atoms. The standard InChI is InChI=1S/C34H30N4O/c1-24(2)39-29-18-19-31-30(23-29)33(25-20-21-36-32(35)22-25)37-38(31)34(26-12-6-3-7-13-26,27-14-8-4-9-15-27)28-16-10-5-11-17-28/h3-24H,1-2H3,(H2,35,36). The summed E-state index contributed by atoms with van der Waals surface area (Å²) in [6.45, 7) is 4.06. The van der Waals surface area contributed by atoms with Crippen molar-refractivity contribution in [2.45, 2.75) is 25.5 Å². The Balaban J connectivity index is 1.76. The van der Waals surface area contributed by atoms with E-state index in [0.29, 0.717) is 5.82 Å². The molecule has 0 aliphatic heterocycles. The molecule has 39 heavy (non-hydrogen) atoms. The quantitative estimate of drug-likeness (QED) is 0.229. The topological polar surface area (TPSA) is 66.0 Å². The van der Waals surface area contributed by atoms with Gasteiger partial charge in [0.1, 0.15) is 22.8 Å². The normalized spacial score (nSPS) is 11.7. The summed E-state index contributed by atoms with van der Waals surface area (Å²) < 4.78 is 8.27. The zero-order valence-electron chi connectivity index (χ0n) is 22.0. The summed E-state index contributed by atoms with van der Waals surface area (Å²) in [4.78, 5) is 4.22. The number of nitrogens with two attached hydrogens (primary N) is 1. The molecule has 5 heteroatoms. The van der Waals surface area contributed by atoms with Gasteiger partial charge < -0.3 is 10.5 Å². The van der Waals surface area contributed by atoms with Gasteiger partial charge in [0.15, 0.2) is 0 Å². The van der Waals surface area contributed by atoms with Crippen molar-refractivity contribution >= 4 is 16.7 Å². The molecule has 5 nitrogen and oxygen atoms in total. The number of nitrogens with zero attached hydrogens (tertiary/aromatic N) is 3. The van der Waals surface area contributed by atoms with E-state index in [9.17, 15) is 0 Å². The van der Waals surface area contributed by atoms with Crippen LogP contribution in [0.25, 0.3) is 22.2 Å². The Morgan fingerprint density at radius 1 is 0.718 bits per heavy atom. The van der Waals surface area contributed by atoms with E-state index in [1.54, 1.807) is 6.20 Å². The molecule has 0 radical (unpaired) electrons. The molecule has 6 rings (SSSR count). The van der Waals surface area contributed by atoms with Gasteiger partial charge in [0, 0.05) is 17.1 Å². The maximum Gasteiger partial charge on any atom is 0.138 e. The van der Waals surface area contributed by atoms with E-state index in [0.717, 1.165) is 44.6 Å². The molecule has 192 valence electrons. The van der Waals surface area contributed by atoms with E-state index in [-0.39, 0.29) is 6.10 Å². The van der Waals surface area contributed by atoms with Crippen molar-refractivity contribution in [3.8, 4) is 17.0 Å². The third-order valence-electron chi connectivity index (χ3n) is 6.97. The molecule has 0 aliphatic rings. The van der Waals surface area contributed by atoms with E-state index in [1.807, 2.05) is 50.2 Å². The Morgan fingerprint density at radius 2 is 1.28 bits per heavy atom. The van der Waals surface area contributed by atoms with E-state index in [1.165, 1.54) is 0 Å². The van der Waals surface area contributed by atoms with Crippen LogP contribution in [0.1, 0.15) is 30.5 Å². The van der Waals surface area contributed by atoms with Crippen molar-refractivity contribution < 1.29 is 4.74 Å². The molecule has 0 fully saturated rings. The van der Waals surface area contributed by atoms with Crippen LogP contribution in [0.5, 0.6) is 5.75 Å². The molecule has 2 aromatic heterocycles. The summed E-state index contributed by atoms with van der Waals surface area (Å²) in [6, 6.07) is 41.7. The highest BCUT2D eigenvalue weighted by molar-refractivity contribution is 5.95. The second kappa shape index (κ2) is 10.1. The van der Waals surface area contributed by atoms with Gasteiger partial charge in [-0.15, -0.1) is 0 Å². The minimum Gasteiger partial charge on any atom is -0.491 e. The van der Waals surface area contributed by atoms with Gasteiger partial charge in [-0.05, 0) is 60.9 Å². The summed E-state index contributed by atoms with van der Waals surface area (Å²) in [6.07, 6.45) is 1.78. The average molecular weight is 511 g/mol. The van der Waals surface area contributed by atoms with Gasteiger partial charge in [-0.3, -0.25) is 0 Å². The monoisotopic (exact) mass is 510 g/mol. The highest BCUT2D eigenvalue weighted by Gasteiger charge is 2.41. The average Bonchev–Trinajstić information content (AvgIpc) is 3.34. The molecule has 0 aliphatic carbocycles. The van der Waals surface area contributed by atoms with Crippen molar-refractivity contribution in [2.24, 2.45) is 0 Å². The second-order valence-electron chi connectivity index (χ2n) is 9.88. The number of pyridine rings is 1. The Hall–Kier alpha value is -4.90. The highest BCUT2D eigenvalue weighted by Crippen LogP contribution is 2.44. The van der Waals surface area contributed by atoms with Gasteiger partial charge in [0.2, 0.25) is 0 Å². The van der Waals surface area contributed by atoms with Gasteiger partial charge >= 0.3 is 0 Å². The zero-order chi connectivity index (χ0) is 26.8. The molecule has 0 unspecified atom stereocenters. The van der Waals surface area contributed by atoms with Crippen molar-refractivity contribution in [2.75, 3.05) is 5.73 Å². The number of aromatic nitrogens is 3. The summed E-state index contributed by atoms with van der Waals surface area (Å²) in [5.74, 6) is 1.25. The molecule has 6 aromatic rings. The fourth-order valence-corrected chi connectivity index (χ4v) is 5.41. The van der Waals surface area contributed by atoms with E-state index in [2.05, 4.69) is 94.6 Å². The molecule has 0 saturated carbocycles. The molecule has 4 aromatic carbocycles. The van der Waals surface area contributed by atoms with E-state index in [4.69, 9.17) is 15.6 Å². The number of benzene rings is 4. The Labute approximate surface area is 228 Å². The SMILES string of the molecule is CC(C)Oc1ccc2c(c1)c(-c1ccnc(N)c1)nn2C(c1ccccc1)(c1ccccc1)c1ccccc1. The first-order valence-corrected chi connectivity index (χ1v) is 13.2. The number of hydrogen-bond acceptors (Lipinski definition) is 4. The van der Waals surface area contributed by atoms with Crippen LogP contribution in [0.15, 0.2) is 128 Å². The third kappa shape index (κ3) is 4.32. The smallest absolute Gasteiger partial charge is 0.138 e. The number of fused-ring (bicyclic) bond motifs is 1. The number of anilines is 1. The number of rotatable bonds is 7. The van der Waals surface area contributed by atoms with Crippen LogP contribution < -0.4 is 10.5 Å². The number of hydrogen-bond donors (Lipinski definition) is 1. The van der Waals surface area contributed by atoms with Crippen LogP contribution in [0.3, 0.4) is 0 Å². The summed E-state index contributed by atoms with van der Waals surface area (Å²) in [5, 5.41) is 6.38. The summed E-state index contributed by atoms with van der Waals surface area (Å²) in [7, 11) is 0. The van der Waals surface area contributed by atoms with E-state index < -0.39 is 5.54 Å². The summed E-state index contributed by atoms with van der Waals surface area (Å²) in [5.41, 5.74) is 11.4. The van der Waals surface area contributed by atoms with Gasteiger partial charge in [-0.2, -0.15) is 5.10 Å². The van der Waals surface area contributed by atoms with Crippen molar-refractivity contribution in [1.29, 1.82) is 0 Å². The fourth-order valence-electron chi connectivity index (χ4n) is 5.41. The Morgan fingerprint density at radius 3 is 1.79 bits per heavy atom. The second-order valence-corrected chi connectivity index (χ2v) is 9.88. The lowest BCUT2D eigenvalue weighted by Gasteiger charge is -2.37. The first-order valence-electron chi connectivity index (χ1n) is 13.2. The lowest BCUT2D eigenvalue weighted by Crippen LogP contribution is -2.38. The van der Waals surface area contributed by atoms with Crippen LogP contribution in [0.4, 0.5) is 5.82 Å². The fraction of sp³-hybridized carbons (Fsp3) is 0.118. The lowest BCUT2D eigenvalue weighted by molar-refractivity contribution is 0.243. The third-order valence-corrected chi connectivity index (χ3v) is 6.97. The molecular formula is C34H30N4O. The minimum absolute atomic E-state index is 0.0505. The Bertz CT molecular complexity index is 1610. The van der Waals surface area contributed by atoms with Crippen molar-refractivity contribution in [1.82, 2.24) is 14.8 Å².